The summed E-state index contributed by atoms with van der Waals surface area (Å²) in [6, 6.07) is 0. The average molecular weight is 433 g/mol. The molecule has 0 aromatic carbocycles. The molecule has 17 heavy (non-hydrogen) atoms. The van der Waals surface area contributed by atoms with Crippen molar-refractivity contribution in [2.24, 2.45) is 0 Å². The van der Waals surface area contributed by atoms with E-state index in [2.05, 4.69) is 0 Å². The van der Waals surface area contributed by atoms with Crippen LogP contribution in [0.15, 0.2) is 0 Å². The van der Waals surface area contributed by atoms with Gasteiger partial charge in [0.15, 0.2) is 0 Å². The summed E-state index contributed by atoms with van der Waals surface area (Å²) in [4.78, 5) is 36.6. The van der Waals surface area contributed by atoms with Crippen molar-refractivity contribution in [3.8, 4) is 0 Å². The summed E-state index contributed by atoms with van der Waals surface area (Å²) in [5.41, 5.74) is 12.1. The van der Waals surface area contributed by atoms with Crippen LogP contribution in [0.3, 0.4) is 0 Å². The summed E-state index contributed by atoms with van der Waals surface area (Å²) in [6.07, 6.45) is 0. The maximum absolute atomic E-state index is 9.18. The Morgan fingerprint density at radius 1 is 0.706 bits per heavy atom. The van der Waals surface area contributed by atoms with E-state index in [4.69, 9.17) is 41.5 Å². The van der Waals surface area contributed by atoms with Crippen molar-refractivity contribution < 1.29 is 60.7 Å². The molecule has 0 aromatic heterocycles. The number of carboxylic acid groups (broad SMARTS) is 4. The Kier molecular flexibility index (Phi) is 24.5. The van der Waals surface area contributed by atoms with Crippen LogP contribution in [0.25, 0.3) is 11.5 Å². The Hall–Kier alpha value is -1.51. The van der Waals surface area contributed by atoms with Gasteiger partial charge in [0, 0.05) is 0 Å². The molecule has 0 aliphatic heterocycles. The van der Waals surface area contributed by atoms with Crippen LogP contribution in [-0.4, -0.2) is 57.4 Å². The smallest absolute Gasteiger partial charge is 0.668 e. The minimum absolute atomic E-state index is 0. The Bertz CT molecular complexity index is 230. The molecular weight excluding hydrogens is 423 g/mol. The molecule has 0 heterocycles. The molecule has 0 aliphatic carbocycles. The van der Waals surface area contributed by atoms with Crippen LogP contribution in [0.1, 0.15) is 0 Å². The molecule has 0 spiro atoms. The fourth-order valence-electron chi connectivity index (χ4n) is 0. The predicted molar refractivity (Wildman–Crippen MR) is 48.9 cm³/mol. The van der Waals surface area contributed by atoms with Gasteiger partial charge in [-0.1, -0.05) is 13.1 Å². The van der Waals surface area contributed by atoms with Gasteiger partial charge in [-0.25, -0.2) is 9.59 Å². The average Bonchev–Trinajstić information content (AvgIpc) is 2.19. The van der Waals surface area contributed by atoms with Crippen molar-refractivity contribution >= 4 is 23.9 Å². The molecule has 0 aliphatic rings. The summed E-state index contributed by atoms with van der Waals surface area (Å²) in [5.74, 6) is -5.81. The fourth-order valence-corrected chi connectivity index (χ4v) is 0. The summed E-state index contributed by atoms with van der Waals surface area (Å²) < 4.78 is 0. The first kappa shape index (κ1) is 24.6. The molecule has 6 N–H and O–H groups in total. The van der Waals surface area contributed by atoms with E-state index >= 15 is 0 Å². The van der Waals surface area contributed by atoms with Gasteiger partial charge in [-0.2, -0.15) is 0 Å². The topological polar surface area (TPSA) is 197 Å². The van der Waals surface area contributed by atoms with E-state index in [1.54, 1.807) is 0 Å². The molecule has 0 fully saturated rings. The Morgan fingerprint density at radius 3 is 0.824 bits per heavy atom. The monoisotopic (exact) mass is 433 g/mol. The standard InChI is InChI=1S/2C2H4NO2.C2H2O4.Pt/c2*3-1-2(4)5;3-1(4)2(5)6;/h2*3H,1H2,(H,4,5);(H,3,4)(H,5,6);/q2*-1;;+2. The molecule has 0 bridgehead atoms. The van der Waals surface area contributed by atoms with E-state index in [0.29, 0.717) is 0 Å². The molecule has 0 rings (SSSR count). The van der Waals surface area contributed by atoms with Crippen molar-refractivity contribution in [3.63, 3.8) is 0 Å². The predicted octanol–water partition coefficient (Wildman–Crippen LogP) is -0.601. The zero-order chi connectivity index (χ0) is 13.7. The van der Waals surface area contributed by atoms with Gasteiger partial charge in [-0.3, -0.25) is 9.59 Å². The van der Waals surface area contributed by atoms with Crippen LogP contribution >= 0.6 is 0 Å². The third-order valence-electron chi connectivity index (χ3n) is 0.485. The zero-order valence-electron chi connectivity index (χ0n) is 8.15. The Morgan fingerprint density at radius 2 is 0.824 bits per heavy atom. The number of carboxylic acids is 4. The van der Waals surface area contributed by atoms with E-state index in [9.17, 15) is 9.59 Å². The van der Waals surface area contributed by atoms with Crippen LogP contribution in [0.2, 0.25) is 0 Å². The maximum atomic E-state index is 9.18. The normalized spacial score (nSPS) is 6.94. The second-order valence-electron chi connectivity index (χ2n) is 1.75. The second kappa shape index (κ2) is 16.9. The number of hydrogen-bond donors (Lipinski definition) is 4. The summed E-state index contributed by atoms with van der Waals surface area (Å²) in [5, 5.41) is 29.9. The van der Waals surface area contributed by atoms with Gasteiger partial charge in [0.2, 0.25) is 0 Å². The minimum atomic E-state index is -1.82. The van der Waals surface area contributed by atoms with Gasteiger partial charge < -0.3 is 31.9 Å². The van der Waals surface area contributed by atoms with E-state index < -0.39 is 37.0 Å². The molecule has 102 valence electrons. The first-order chi connectivity index (χ1) is 7.18. The van der Waals surface area contributed by atoms with Crippen molar-refractivity contribution in [1.29, 1.82) is 0 Å². The summed E-state index contributed by atoms with van der Waals surface area (Å²) in [7, 11) is 0. The van der Waals surface area contributed by atoms with Crippen LogP contribution in [0.4, 0.5) is 0 Å². The second-order valence-corrected chi connectivity index (χ2v) is 1.75. The molecule has 10 nitrogen and oxygen atoms in total. The summed E-state index contributed by atoms with van der Waals surface area (Å²) >= 11 is 0. The number of rotatable bonds is 2. The first-order valence-electron chi connectivity index (χ1n) is 3.38. The van der Waals surface area contributed by atoms with Gasteiger partial charge in [0.1, 0.15) is 0 Å². The molecule has 0 saturated carbocycles. The maximum Gasteiger partial charge on any atom is 2.00 e. The first-order valence-corrected chi connectivity index (χ1v) is 3.38. The molecule has 0 amide bonds. The van der Waals surface area contributed by atoms with Gasteiger partial charge in [0.05, 0.1) is 0 Å². The molecule has 0 unspecified atom stereocenters. The molecular formula is C6H10N2O8Pt. The van der Waals surface area contributed by atoms with Crippen LogP contribution < -0.4 is 0 Å². The number of aliphatic carboxylic acids is 4. The number of carbonyl (C=O) groups is 4. The van der Waals surface area contributed by atoms with Gasteiger partial charge >= 0.3 is 33.0 Å². The van der Waals surface area contributed by atoms with Gasteiger partial charge in [0.25, 0.3) is 11.9 Å². The Balaban J connectivity index is -0.0000000729. The van der Waals surface area contributed by atoms with Crippen molar-refractivity contribution in [1.82, 2.24) is 0 Å². The van der Waals surface area contributed by atoms with E-state index in [1.165, 1.54) is 0 Å². The van der Waals surface area contributed by atoms with E-state index in [1.807, 2.05) is 0 Å². The van der Waals surface area contributed by atoms with Crippen molar-refractivity contribution in [2.75, 3.05) is 13.1 Å². The number of nitrogens with one attached hydrogen (secondary N) is 2. The van der Waals surface area contributed by atoms with Crippen LogP contribution in [0.5, 0.6) is 0 Å². The quantitative estimate of drug-likeness (QED) is 0.414. The van der Waals surface area contributed by atoms with Crippen molar-refractivity contribution in [3.05, 3.63) is 11.5 Å². The van der Waals surface area contributed by atoms with E-state index in [-0.39, 0.29) is 21.1 Å². The molecule has 0 aromatic rings. The van der Waals surface area contributed by atoms with E-state index in [0.717, 1.165) is 0 Å². The third-order valence-corrected chi connectivity index (χ3v) is 0.485. The zero-order valence-corrected chi connectivity index (χ0v) is 10.4. The SMILES string of the molecule is O=C(O)C(=O)O.[NH-]CC(=O)O.[NH-]CC(=O)O.[Pt+2]. The van der Waals surface area contributed by atoms with Crippen LogP contribution in [0, 0.1) is 0 Å². The van der Waals surface area contributed by atoms with Crippen LogP contribution in [-0.2, 0) is 40.2 Å². The molecule has 0 saturated heterocycles. The molecule has 0 atom stereocenters. The summed E-state index contributed by atoms with van der Waals surface area (Å²) in [6.45, 7) is -1.06. The van der Waals surface area contributed by atoms with Gasteiger partial charge in [-0.05, 0) is 0 Å². The minimum Gasteiger partial charge on any atom is -0.668 e. The van der Waals surface area contributed by atoms with Crippen molar-refractivity contribution in [2.45, 2.75) is 0 Å². The fraction of sp³-hybridized carbons (Fsp3) is 0.333. The molecule has 11 heteroatoms. The Labute approximate surface area is 109 Å². The number of hydrogen-bond acceptors (Lipinski definition) is 4. The largest absolute Gasteiger partial charge is 2.00 e. The molecule has 0 radical (unpaired) electrons. The van der Waals surface area contributed by atoms with Gasteiger partial charge in [-0.15, -0.1) is 0 Å². The third kappa shape index (κ3) is 53.7.